The second kappa shape index (κ2) is 7.96. The summed E-state index contributed by atoms with van der Waals surface area (Å²) < 4.78 is 1.95. The first-order valence-corrected chi connectivity index (χ1v) is 10.6. The van der Waals surface area contributed by atoms with Crippen molar-refractivity contribution in [1.29, 1.82) is 0 Å². The Kier molecular flexibility index (Phi) is 4.97. The fraction of sp³-hybridized carbons (Fsp3) is 0.250. The third kappa shape index (κ3) is 3.43. The number of carbonyl (C=O) groups is 1. The number of imidazole rings is 1. The predicted molar refractivity (Wildman–Crippen MR) is 125 cm³/mol. The van der Waals surface area contributed by atoms with Crippen LogP contribution < -0.4 is 9.80 Å². The van der Waals surface area contributed by atoms with Crippen molar-refractivity contribution in [3.05, 3.63) is 72.7 Å². The van der Waals surface area contributed by atoms with Crippen LogP contribution in [0.15, 0.2) is 67.1 Å². The zero-order valence-corrected chi connectivity index (χ0v) is 18.4. The summed E-state index contributed by atoms with van der Waals surface area (Å²) in [6.45, 7) is 3.54. The molecule has 1 aliphatic rings. The highest BCUT2D eigenvalue weighted by atomic mass is 16.2. The van der Waals surface area contributed by atoms with Gasteiger partial charge in [-0.25, -0.2) is 14.8 Å². The van der Waals surface area contributed by atoms with Gasteiger partial charge in [0.2, 0.25) is 5.95 Å². The van der Waals surface area contributed by atoms with Crippen molar-refractivity contribution < 1.29 is 4.79 Å². The van der Waals surface area contributed by atoms with Gasteiger partial charge in [-0.05, 0) is 36.8 Å². The summed E-state index contributed by atoms with van der Waals surface area (Å²) in [6.07, 6.45) is 3.53. The van der Waals surface area contributed by atoms with Crippen molar-refractivity contribution in [2.75, 3.05) is 37.0 Å². The summed E-state index contributed by atoms with van der Waals surface area (Å²) >= 11 is 0. The Bertz CT molecular complexity index is 1270. The number of amides is 2. The van der Waals surface area contributed by atoms with Crippen molar-refractivity contribution in [3.63, 3.8) is 0 Å². The molecule has 1 fully saturated rings. The fourth-order valence-corrected chi connectivity index (χ4v) is 4.01. The third-order valence-corrected chi connectivity index (χ3v) is 6.11. The molecule has 0 bridgehead atoms. The number of fused-ring (bicyclic) bond motifs is 1. The number of aromatic nitrogens is 4. The SMILES string of the molecule is CC(c1ccccc1)N(C)c1nccc(-n2cnc3cc(N4CCN(C)C4=O)ccc32)n1. The van der Waals surface area contributed by atoms with E-state index in [0.717, 1.165) is 29.1 Å². The van der Waals surface area contributed by atoms with Gasteiger partial charge in [0, 0.05) is 39.1 Å². The Hall–Kier alpha value is -3.94. The minimum Gasteiger partial charge on any atom is -0.337 e. The second-order valence-electron chi connectivity index (χ2n) is 8.06. The molecule has 5 rings (SSSR count). The first-order valence-electron chi connectivity index (χ1n) is 10.6. The lowest BCUT2D eigenvalue weighted by Crippen LogP contribution is -2.29. The number of benzene rings is 2. The van der Waals surface area contributed by atoms with E-state index >= 15 is 0 Å². The van der Waals surface area contributed by atoms with Crippen molar-refractivity contribution in [2.24, 2.45) is 0 Å². The first-order chi connectivity index (χ1) is 15.5. The van der Waals surface area contributed by atoms with Crippen LogP contribution in [0.3, 0.4) is 0 Å². The maximum Gasteiger partial charge on any atom is 0.324 e. The zero-order chi connectivity index (χ0) is 22.2. The molecule has 1 atom stereocenters. The van der Waals surface area contributed by atoms with Gasteiger partial charge in [0.05, 0.1) is 17.1 Å². The van der Waals surface area contributed by atoms with Gasteiger partial charge in [0.15, 0.2) is 0 Å². The number of rotatable bonds is 5. The quantitative estimate of drug-likeness (QED) is 0.483. The normalized spacial score (nSPS) is 14.9. The molecular formula is C24H25N7O. The van der Waals surface area contributed by atoms with E-state index in [4.69, 9.17) is 4.98 Å². The van der Waals surface area contributed by atoms with Crippen LogP contribution in [-0.4, -0.2) is 57.6 Å². The molecule has 32 heavy (non-hydrogen) atoms. The molecule has 4 aromatic rings. The minimum atomic E-state index is 0.0137. The fourth-order valence-electron chi connectivity index (χ4n) is 4.01. The lowest BCUT2D eigenvalue weighted by molar-refractivity contribution is 0.229. The zero-order valence-electron chi connectivity index (χ0n) is 18.4. The summed E-state index contributed by atoms with van der Waals surface area (Å²) in [5, 5.41) is 0. The molecule has 0 radical (unpaired) electrons. The minimum absolute atomic E-state index is 0.0137. The van der Waals surface area contributed by atoms with Crippen LogP contribution in [0.4, 0.5) is 16.4 Å². The van der Waals surface area contributed by atoms with E-state index in [1.165, 1.54) is 5.56 Å². The topological polar surface area (TPSA) is 70.4 Å². The highest BCUT2D eigenvalue weighted by molar-refractivity contribution is 5.96. The van der Waals surface area contributed by atoms with Gasteiger partial charge in [-0.2, -0.15) is 4.98 Å². The number of likely N-dealkylation sites (N-methyl/N-ethyl adjacent to an activating group) is 1. The number of anilines is 2. The van der Waals surface area contributed by atoms with Gasteiger partial charge in [0.1, 0.15) is 12.1 Å². The molecule has 0 saturated carbocycles. The number of hydrogen-bond donors (Lipinski definition) is 0. The highest BCUT2D eigenvalue weighted by Gasteiger charge is 2.27. The summed E-state index contributed by atoms with van der Waals surface area (Å²) in [5.74, 6) is 1.39. The third-order valence-electron chi connectivity index (χ3n) is 6.11. The van der Waals surface area contributed by atoms with Crippen LogP contribution in [0.1, 0.15) is 18.5 Å². The lowest BCUT2D eigenvalue weighted by atomic mass is 10.1. The average Bonchev–Trinajstić information content (AvgIpc) is 3.41. The molecular weight excluding hydrogens is 402 g/mol. The van der Waals surface area contributed by atoms with E-state index in [1.807, 2.05) is 61.1 Å². The van der Waals surface area contributed by atoms with Crippen molar-refractivity contribution >= 4 is 28.7 Å². The first kappa shape index (κ1) is 20.0. The van der Waals surface area contributed by atoms with Crippen molar-refractivity contribution in [1.82, 2.24) is 24.4 Å². The van der Waals surface area contributed by atoms with Crippen LogP contribution in [0, 0.1) is 0 Å². The van der Waals surface area contributed by atoms with Crippen LogP contribution in [0.25, 0.3) is 16.9 Å². The number of nitrogens with zero attached hydrogens (tertiary/aromatic N) is 7. The van der Waals surface area contributed by atoms with E-state index in [2.05, 4.69) is 33.9 Å². The van der Waals surface area contributed by atoms with E-state index < -0.39 is 0 Å². The Balaban J connectivity index is 1.45. The molecule has 1 unspecified atom stereocenters. The van der Waals surface area contributed by atoms with Gasteiger partial charge in [-0.1, -0.05) is 30.3 Å². The van der Waals surface area contributed by atoms with E-state index in [-0.39, 0.29) is 12.1 Å². The standard InChI is InChI=1S/C24H25N7O/c1-17(18-7-5-4-6-8-18)29(3)23-25-12-11-22(27-23)31-16-26-20-15-19(9-10-21(20)31)30-14-13-28(2)24(30)32/h4-12,15-17H,13-14H2,1-3H3. The van der Waals surface area contributed by atoms with E-state index in [0.29, 0.717) is 12.5 Å². The highest BCUT2D eigenvalue weighted by Crippen LogP contribution is 2.27. The van der Waals surface area contributed by atoms with Gasteiger partial charge in [0.25, 0.3) is 0 Å². The van der Waals surface area contributed by atoms with Gasteiger partial charge in [-0.15, -0.1) is 0 Å². The second-order valence-corrected chi connectivity index (χ2v) is 8.06. The number of carbonyl (C=O) groups excluding carboxylic acids is 1. The molecule has 0 N–H and O–H groups in total. The maximum atomic E-state index is 12.3. The molecule has 8 nitrogen and oxygen atoms in total. The Morgan fingerprint density at radius 1 is 1.03 bits per heavy atom. The van der Waals surface area contributed by atoms with Gasteiger partial charge < -0.3 is 9.80 Å². The van der Waals surface area contributed by atoms with Crippen LogP contribution >= 0.6 is 0 Å². The van der Waals surface area contributed by atoms with Crippen molar-refractivity contribution in [3.8, 4) is 5.82 Å². The van der Waals surface area contributed by atoms with Gasteiger partial charge >= 0.3 is 6.03 Å². The Morgan fingerprint density at radius 3 is 2.59 bits per heavy atom. The molecule has 2 aromatic carbocycles. The van der Waals surface area contributed by atoms with Crippen LogP contribution in [-0.2, 0) is 0 Å². The molecule has 1 saturated heterocycles. The lowest BCUT2D eigenvalue weighted by Gasteiger charge is -2.25. The molecule has 0 aliphatic carbocycles. The van der Waals surface area contributed by atoms with E-state index in [1.54, 1.807) is 22.3 Å². The van der Waals surface area contributed by atoms with Crippen molar-refractivity contribution in [2.45, 2.75) is 13.0 Å². The molecule has 1 aliphatic heterocycles. The molecule has 8 heteroatoms. The van der Waals surface area contributed by atoms with Gasteiger partial charge in [-0.3, -0.25) is 9.47 Å². The predicted octanol–water partition coefficient (Wildman–Crippen LogP) is 3.88. The van der Waals surface area contributed by atoms with Crippen LogP contribution in [0.5, 0.6) is 0 Å². The summed E-state index contributed by atoms with van der Waals surface area (Å²) in [6, 6.07) is 18.2. The number of urea groups is 1. The maximum absolute atomic E-state index is 12.3. The summed E-state index contributed by atoms with van der Waals surface area (Å²) in [4.78, 5) is 31.7. The monoisotopic (exact) mass is 427 g/mol. The smallest absolute Gasteiger partial charge is 0.324 e. The summed E-state index contributed by atoms with van der Waals surface area (Å²) in [7, 11) is 3.82. The average molecular weight is 428 g/mol. The summed E-state index contributed by atoms with van der Waals surface area (Å²) in [5.41, 5.74) is 3.80. The Morgan fingerprint density at radius 2 is 1.84 bits per heavy atom. The number of hydrogen-bond acceptors (Lipinski definition) is 5. The molecule has 2 amide bonds. The molecule has 0 spiro atoms. The van der Waals surface area contributed by atoms with E-state index in [9.17, 15) is 4.79 Å². The molecule has 2 aromatic heterocycles. The molecule has 3 heterocycles. The largest absolute Gasteiger partial charge is 0.337 e. The molecule has 162 valence electrons. The Labute approximate surface area is 186 Å². The van der Waals surface area contributed by atoms with Crippen LogP contribution in [0.2, 0.25) is 0 Å².